The highest BCUT2D eigenvalue weighted by molar-refractivity contribution is 6.32. The van der Waals surface area contributed by atoms with Crippen molar-refractivity contribution in [3.05, 3.63) is 73.9 Å². The lowest BCUT2D eigenvalue weighted by Crippen LogP contribution is -2.41. The van der Waals surface area contributed by atoms with Gasteiger partial charge in [0.05, 0.1) is 24.2 Å². The molecule has 0 aliphatic rings. The van der Waals surface area contributed by atoms with Crippen molar-refractivity contribution < 1.29 is 36.6 Å². The maximum absolute atomic E-state index is 14.7. The van der Waals surface area contributed by atoms with Gasteiger partial charge in [-0.15, -0.1) is 0 Å². The second-order valence-corrected chi connectivity index (χ2v) is 7.27. The molecule has 0 bridgehead atoms. The summed E-state index contributed by atoms with van der Waals surface area (Å²) >= 11 is 6.04. The van der Waals surface area contributed by atoms with Gasteiger partial charge in [-0.05, 0) is 18.2 Å². The van der Waals surface area contributed by atoms with Crippen LogP contribution in [-0.4, -0.2) is 33.8 Å². The Labute approximate surface area is 199 Å². The molecule has 0 unspecified atom stereocenters. The lowest BCUT2D eigenvalue weighted by molar-refractivity contribution is -0.144. The summed E-state index contributed by atoms with van der Waals surface area (Å²) in [5.74, 6) is -2.05. The Bertz CT molecular complexity index is 1390. The fourth-order valence-electron chi connectivity index (χ4n) is 2.90. The number of ether oxygens (including phenoxy) is 3. The maximum Gasteiger partial charge on any atom is 0.431 e. The second-order valence-electron chi connectivity index (χ2n) is 6.86. The molecule has 2 aromatic heterocycles. The minimum atomic E-state index is -4.98. The highest BCUT2D eigenvalue weighted by Gasteiger charge is 2.35. The van der Waals surface area contributed by atoms with Crippen molar-refractivity contribution in [3.8, 4) is 23.1 Å². The highest BCUT2D eigenvalue weighted by atomic mass is 35.5. The van der Waals surface area contributed by atoms with Gasteiger partial charge in [0.1, 0.15) is 23.9 Å². The van der Waals surface area contributed by atoms with Crippen molar-refractivity contribution in [2.45, 2.75) is 12.6 Å². The fourth-order valence-corrected chi connectivity index (χ4v) is 3.09. The number of halogens is 5. The van der Waals surface area contributed by atoms with Crippen LogP contribution in [0.15, 0.2) is 46.1 Å². The molecule has 0 spiro atoms. The lowest BCUT2D eigenvalue weighted by atomic mass is 10.2. The number of pyridine rings is 1. The average molecular weight is 518 g/mol. The number of benzene rings is 1. The molecule has 3 aromatic rings. The van der Waals surface area contributed by atoms with Crippen molar-refractivity contribution in [2.75, 3.05) is 13.7 Å². The van der Waals surface area contributed by atoms with Gasteiger partial charge in [-0.3, -0.25) is 14.2 Å². The van der Waals surface area contributed by atoms with Crippen LogP contribution in [0.25, 0.3) is 5.69 Å². The number of carbonyl (C=O) groups excluding carboxylic acids is 1. The molecule has 0 fully saturated rings. The monoisotopic (exact) mass is 517 g/mol. The number of hydrogen-bond acceptors (Lipinski definition) is 7. The summed E-state index contributed by atoms with van der Waals surface area (Å²) < 4.78 is 69.9. The molecule has 9 nitrogen and oxygen atoms in total. The zero-order chi connectivity index (χ0) is 25.9. The summed E-state index contributed by atoms with van der Waals surface area (Å²) in [7, 11) is 2.00. The predicted octanol–water partition coefficient (Wildman–Crippen LogP) is 3.48. The van der Waals surface area contributed by atoms with Crippen LogP contribution in [0.2, 0.25) is 5.02 Å². The predicted molar refractivity (Wildman–Crippen MR) is 114 cm³/mol. The Kier molecular flexibility index (Phi) is 7.48. The van der Waals surface area contributed by atoms with E-state index in [0.29, 0.717) is 0 Å². The first kappa shape index (κ1) is 25.7. The van der Waals surface area contributed by atoms with E-state index < -0.39 is 40.6 Å². The minimum absolute atomic E-state index is 0.0236. The first-order valence-electron chi connectivity index (χ1n) is 9.66. The maximum atomic E-state index is 14.7. The molecule has 0 N–H and O–H groups in total. The van der Waals surface area contributed by atoms with Crippen LogP contribution in [0.5, 0.6) is 17.4 Å². The minimum Gasteiger partial charge on any atom is -0.474 e. The van der Waals surface area contributed by atoms with E-state index in [0.717, 1.165) is 19.2 Å². The van der Waals surface area contributed by atoms with Gasteiger partial charge in [-0.1, -0.05) is 11.6 Å². The third-order valence-electron chi connectivity index (χ3n) is 4.58. The topological polar surface area (TPSA) is 102 Å². The molecular weight excluding hydrogens is 502 g/mol. The summed E-state index contributed by atoms with van der Waals surface area (Å²) in [5.41, 5.74) is -5.05. The molecule has 0 aliphatic carbocycles. The molecule has 3 rings (SSSR count). The van der Waals surface area contributed by atoms with Gasteiger partial charge >= 0.3 is 17.8 Å². The van der Waals surface area contributed by atoms with E-state index >= 15 is 0 Å². The van der Waals surface area contributed by atoms with Crippen LogP contribution < -0.4 is 20.7 Å². The largest absolute Gasteiger partial charge is 0.474 e. The van der Waals surface area contributed by atoms with Gasteiger partial charge in [-0.2, -0.15) is 13.2 Å². The zero-order valence-electron chi connectivity index (χ0n) is 18.1. The molecule has 1 aromatic carbocycles. The van der Waals surface area contributed by atoms with Gasteiger partial charge in [-0.25, -0.2) is 18.7 Å². The molecule has 0 radical (unpaired) electrons. The van der Waals surface area contributed by atoms with Crippen LogP contribution >= 0.6 is 11.6 Å². The number of alkyl halides is 3. The van der Waals surface area contributed by atoms with Gasteiger partial charge in [0.15, 0.2) is 5.75 Å². The van der Waals surface area contributed by atoms with Crippen LogP contribution in [0.1, 0.15) is 12.1 Å². The molecular formula is C21H16ClF4N3O6. The van der Waals surface area contributed by atoms with Gasteiger partial charge in [0, 0.05) is 25.4 Å². The SMILES string of the molecule is COC(=O)CCOc1ncccc1Oc1cc(-n2c(=O)cc(C(F)(F)F)n(C)c2=O)c(F)cc1Cl. The van der Waals surface area contributed by atoms with Gasteiger partial charge in [0.25, 0.3) is 11.4 Å². The molecule has 35 heavy (non-hydrogen) atoms. The number of nitrogens with zero attached hydrogens (tertiary/aromatic N) is 3. The van der Waals surface area contributed by atoms with E-state index in [2.05, 4.69) is 9.72 Å². The summed E-state index contributed by atoms with van der Waals surface area (Å²) in [6, 6.07) is 4.65. The molecule has 0 amide bonds. The quantitative estimate of drug-likeness (QED) is 0.349. The van der Waals surface area contributed by atoms with E-state index in [1.54, 1.807) is 0 Å². The Morgan fingerprint density at radius 3 is 2.54 bits per heavy atom. The van der Waals surface area contributed by atoms with Crippen molar-refractivity contribution in [2.24, 2.45) is 7.05 Å². The summed E-state index contributed by atoms with van der Waals surface area (Å²) in [4.78, 5) is 40.1. The van der Waals surface area contributed by atoms with Crippen molar-refractivity contribution >= 4 is 17.6 Å². The Balaban J connectivity index is 2.03. The number of rotatable bonds is 7. The molecule has 2 heterocycles. The van der Waals surface area contributed by atoms with Crippen LogP contribution in [0, 0.1) is 5.82 Å². The number of esters is 1. The number of hydrogen-bond donors (Lipinski definition) is 0. The first-order chi connectivity index (χ1) is 16.4. The highest BCUT2D eigenvalue weighted by Crippen LogP contribution is 2.36. The number of aromatic nitrogens is 3. The van der Waals surface area contributed by atoms with E-state index in [-0.39, 0.29) is 50.6 Å². The normalized spacial score (nSPS) is 11.3. The third kappa shape index (κ3) is 5.62. The fraction of sp³-hybridized carbons (Fsp3) is 0.238. The Hall–Kier alpha value is -3.87. The Morgan fingerprint density at radius 1 is 1.17 bits per heavy atom. The van der Waals surface area contributed by atoms with E-state index in [1.807, 2.05) is 0 Å². The second kappa shape index (κ2) is 10.2. The molecule has 0 saturated carbocycles. The molecule has 0 aliphatic heterocycles. The van der Waals surface area contributed by atoms with Crippen molar-refractivity contribution in [1.82, 2.24) is 14.1 Å². The first-order valence-corrected chi connectivity index (χ1v) is 10.0. The van der Waals surface area contributed by atoms with Crippen LogP contribution in [0.3, 0.4) is 0 Å². The summed E-state index contributed by atoms with van der Waals surface area (Å²) in [5, 5.41) is -0.285. The molecule has 0 saturated heterocycles. The van der Waals surface area contributed by atoms with Crippen LogP contribution in [-0.2, 0) is 22.8 Å². The van der Waals surface area contributed by atoms with Crippen LogP contribution in [0.4, 0.5) is 17.6 Å². The third-order valence-corrected chi connectivity index (χ3v) is 4.88. The number of carbonyl (C=O) groups is 1. The van der Waals surface area contributed by atoms with E-state index in [9.17, 15) is 31.9 Å². The lowest BCUT2D eigenvalue weighted by Gasteiger charge is -2.16. The van der Waals surface area contributed by atoms with Gasteiger partial charge < -0.3 is 14.2 Å². The van der Waals surface area contributed by atoms with E-state index in [4.69, 9.17) is 21.1 Å². The molecule has 186 valence electrons. The molecule has 0 atom stereocenters. The smallest absolute Gasteiger partial charge is 0.431 e. The van der Waals surface area contributed by atoms with Gasteiger partial charge in [0.2, 0.25) is 0 Å². The zero-order valence-corrected chi connectivity index (χ0v) is 18.8. The Morgan fingerprint density at radius 2 is 1.89 bits per heavy atom. The number of methoxy groups -OCH3 is 1. The standard InChI is InChI=1S/C21H16ClF4N3O6/c1-28-16(21(24,25)26)10-17(30)29(20(28)32)13-9-15(11(22)8-12(13)23)35-14-4-3-6-27-19(14)34-7-5-18(31)33-2/h3-4,6,8-10H,5,7H2,1-2H3. The summed E-state index contributed by atoms with van der Waals surface area (Å²) in [6.45, 7) is -0.112. The molecule has 14 heteroatoms. The average Bonchev–Trinajstić information content (AvgIpc) is 2.79. The van der Waals surface area contributed by atoms with Crippen molar-refractivity contribution in [3.63, 3.8) is 0 Å². The summed E-state index contributed by atoms with van der Waals surface area (Å²) in [6.07, 6.45) is -3.71. The van der Waals surface area contributed by atoms with E-state index in [1.165, 1.54) is 25.4 Å². The van der Waals surface area contributed by atoms with Crippen molar-refractivity contribution in [1.29, 1.82) is 0 Å².